The Labute approximate surface area is 96.9 Å². The molecule has 0 saturated carbocycles. The lowest BCUT2D eigenvalue weighted by molar-refractivity contribution is -0.119. The Morgan fingerprint density at radius 1 is 1.31 bits per heavy atom. The van der Waals surface area contributed by atoms with E-state index in [1.165, 1.54) is 6.92 Å². The average molecular weight is 230 g/mol. The lowest BCUT2D eigenvalue weighted by atomic mass is 10.1. The SMILES string of the molecule is CN[C@@H](CCNC(=O)OC(C)(C)C)C(C)=O. The van der Waals surface area contributed by atoms with E-state index in [0.29, 0.717) is 13.0 Å². The molecule has 0 saturated heterocycles. The fraction of sp³-hybridized carbons (Fsp3) is 0.818. The number of carbonyl (C=O) groups is 2. The summed E-state index contributed by atoms with van der Waals surface area (Å²) in [4.78, 5) is 22.3. The predicted octanol–water partition coefficient (Wildman–Crippen LogP) is 1.08. The van der Waals surface area contributed by atoms with Crippen LogP contribution in [0.5, 0.6) is 0 Å². The summed E-state index contributed by atoms with van der Waals surface area (Å²) in [5.74, 6) is 0.0634. The molecular weight excluding hydrogens is 208 g/mol. The zero-order valence-corrected chi connectivity index (χ0v) is 10.7. The first-order valence-electron chi connectivity index (χ1n) is 5.41. The summed E-state index contributed by atoms with van der Waals surface area (Å²) in [6, 6.07) is -0.213. The monoisotopic (exact) mass is 230 g/mol. The smallest absolute Gasteiger partial charge is 0.407 e. The van der Waals surface area contributed by atoms with Crippen LogP contribution in [0.3, 0.4) is 0 Å². The zero-order chi connectivity index (χ0) is 12.8. The van der Waals surface area contributed by atoms with Gasteiger partial charge in [0.2, 0.25) is 0 Å². The molecule has 0 bridgehead atoms. The van der Waals surface area contributed by atoms with Gasteiger partial charge in [-0.15, -0.1) is 0 Å². The van der Waals surface area contributed by atoms with Crippen molar-refractivity contribution in [2.75, 3.05) is 13.6 Å². The van der Waals surface area contributed by atoms with Crippen LogP contribution in [0.2, 0.25) is 0 Å². The van der Waals surface area contributed by atoms with Crippen LogP contribution in [-0.2, 0) is 9.53 Å². The molecule has 0 radical (unpaired) electrons. The van der Waals surface area contributed by atoms with E-state index in [1.807, 2.05) is 0 Å². The maximum atomic E-state index is 11.3. The number of nitrogens with one attached hydrogen (secondary N) is 2. The first-order valence-corrected chi connectivity index (χ1v) is 5.41. The summed E-state index contributed by atoms with van der Waals surface area (Å²) < 4.78 is 5.06. The molecule has 1 amide bonds. The maximum Gasteiger partial charge on any atom is 0.407 e. The number of rotatable bonds is 5. The van der Waals surface area contributed by atoms with E-state index in [-0.39, 0.29) is 11.8 Å². The molecule has 94 valence electrons. The molecular formula is C11H22N2O3. The van der Waals surface area contributed by atoms with Crippen LogP contribution >= 0.6 is 0 Å². The molecule has 5 nitrogen and oxygen atoms in total. The lowest BCUT2D eigenvalue weighted by Gasteiger charge is -2.20. The number of Topliss-reactive ketones (excluding diaryl/α,β-unsaturated/α-hetero) is 1. The van der Waals surface area contributed by atoms with Crippen LogP contribution in [0, 0.1) is 0 Å². The van der Waals surface area contributed by atoms with Crippen LogP contribution in [0.15, 0.2) is 0 Å². The summed E-state index contributed by atoms with van der Waals surface area (Å²) in [7, 11) is 1.72. The van der Waals surface area contributed by atoms with Crippen molar-refractivity contribution in [3.63, 3.8) is 0 Å². The van der Waals surface area contributed by atoms with Gasteiger partial charge < -0.3 is 15.4 Å². The predicted molar refractivity (Wildman–Crippen MR) is 62.4 cm³/mol. The first kappa shape index (κ1) is 14.9. The van der Waals surface area contributed by atoms with Crippen LogP contribution in [0.4, 0.5) is 4.79 Å². The molecule has 0 rings (SSSR count). The molecule has 5 heteroatoms. The number of amides is 1. The molecule has 0 aliphatic heterocycles. The molecule has 1 atom stereocenters. The van der Waals surface area contributed by atoms with Crippen LogP contribution in [-0.4, -0.2) is 37.1 Å². The summed E-state index contributed by atoms with van der Waals surface area (Å²) >= 11 is 0. The molecule has 0 spiro atoms. The van der Waals surface area contributed by atoms with Gasteiger partial charge in [-0.1, -0.05) is 0 Å². The average Bonchev–Trinajstić information content (AvgIpc) is 2.08. The minimum absolute atomic E-state index is 0.0634. The van der Waals surface area contributed by atoms with E-state index >= 15 is 0 Å². The van der Waals surface area contributed by atoms with Gasteiger partial charge >= 0.3 is 6.09 Å². The number of ketones is 1. The summed E-state index contributed by atoms with van der Waals surface area (Å²) in [5.41, 5.74) is -0.493. The number of carbonyl (C=O) groups excluding carboxylic acids is 2. The van der Waals surface area contributed by atoms with Crippen LogP contribution < -0.4 is 10.6 Å². The van der Waals surface area contributed by atoms with Crippen molar-refractivity contribution in [1.82, 2.24) is 10.6 Å². The fourth-order valence-corrected chi connectivity index (χ4v) is 1.18. The Kier molecular flexibility index (Phi) is 6.03. The van der Waals surface area contributed by atoms with Gasteiger partial charge in [-0.25, -0.2) is 4.79 Å². The lowest BCUT2D eigenvalue weighted by Crippen LogP contribution is -2.38. The minimum atomic E-state index is -0.493. The Balaban J connectivity index is 3.81. The van der Waals surface area contributed by atoms with Crippen molar-refractivity contribution in [2.45, 2.75) is 45.8 Å². The van der Waals surface area contributed by atoms with Gasteiger partial charge in [0.05, 0.1) is 6.04 Å². The minimum Gasteiger partial charge on any atom is -0.444 e. The quantitative estimate of drug-likeness (QED) is 0.741. The van der Waals surface area contributed by atoms with Gasteiger partial charge in [-0.2, -0.15) is 0 Å². The first-order chi connectivity index (χ1) is 7.26. The van der Waals surface area contributed by atoms with Crippen LogP contribution in [0.25, 0.3) is 0 Å². The number of hydrogen-bond donors (Lipinski definition) is 2. The Morgan fingerprint density at radius 3 is 2.25 bits per heavy atom. The zero-order valence-electron chi connectivity index (χ0n) is 10.7. The highest BCUT2D eigenvalue weighted by Gasteiger charge is 2.16. The van der Waals surface area contributed by atoms with E-state index < -0.39 is 11.7 Å². The second-order valence-electron chi connectivity index (χ2n) is 4.67. The van der Waals surface area contributed by atoms with Crippen molar-refractivity contribution < 1.29 is 14.3 Å². The summed E-state index contributed by atoms with van der Waals surface area (Å²) in [6.07, 6.45) is 0.108. The van der Waals surface area contributed by atoms with E-state index in [4.69, 9.17) is 4.74 Å². The Hall–Kier alpha value is -1.10. The van der Waals surface area contributed by atoms with Gasteiger partial charge in [0.1, 0.15) is 11.4 Å². The van der Waals surface area contributed by atoms with Crippen molar-refractivity contribution in [2.24, 2.45) is 0 Å². The fourth-order valence-electron chi connectivity index (χ4n) is 1.18. The summed E-state index contributed by atoms with van der Waals surface area (Å²) in [6.45, 7) is 7.35. The number of hydrogen-bond acceptors (Lipinski definition) is 4. The van der Waals surface area contributed by atoms with E-state index in [1.54, 1.807) is 27.8 Å². The highest BCUT2D eigenvalue weighted by molar-refractivity contribution is 5.81. The molecule has 0 aliphatic carbocycles. The Morgan fingerprint density at radius 2 is 1.88 bits per heavy atom. The van der Waals surface area contributed by atoms with Crippen molar-refractivity contribution in [3.8, 4) is 0 Å². The highest BCUT2D eigenvalue weighted by Crippen LogP contribution is 2.06. The standard InChI is InChI=1S/C11H22N2O3/c1-8(14)9(12-5)6-7-13-10(15)16-11(2,3)4/h9,12H,6-7H2,1-5H3,(H,13,15)/t9-/m0/s1. The molecule has 0 unspecified atom stereocenters. The largest absolute Gasteiger partial charge is 0.444 e. The highest BCUT2D eigenvalue weighted by atomic mass is 16.6. The Bertz CT molecular complexity index is 246. The normalized spacial score (nSPS) is 13.1. The number of alkyl carbamates (subject to hydrolysis) is 1. The van der Waals surface area contributed by atoms with Crippen LogP contribution in [0.1, 0.15) is 34.1 Å². The molecule has 0 aromatic heterocycles. The molecule has 0 aliphatic rings. The molecule has 0 aromatic carbocycles. The van der Waals surface area contributed by atoms with Gasteiger partial charge in [-0.3, -0.25) is 4.79 Å². The third-order valence-electron chi connectivity index (χ3n) is 1.94. The molecule has 16 heavy (non-hydrogen) atoms. The van der Waals surface area contributed by atoms with Gasteiger partial charge in [-0.05, 0) is 41.2 Å². The molecule has 2 N–H and O–H groups in total. The second-order valence-corrected chi connectivity index (χ2v) is 4.67. The summed E-state index contributed by atoms with van der Waals surface area (Å²) in [5, 5.41) is 5.49. The molecule has 0 fully saturated rings. The number of ether oxygens (including phenoxy) is 1. The molecule has 0 aromatic rings. The van der Waals surface area contributed by atoms with Crippen molar-refractivity contribution in [1.29, 1.82) is 0 Å². The van der Waals surface area contributed by atoms with Crippen molar-refractivity contribution in [3.05, 3.63) is 0 Å². The maximum absolute atomic E-state index is 11.3. The third-order valence-corrected chi connectivity index (χ3v) is 1.94. The molecule has 0 heterocycles. The van der Waals surface area contributed by atoms with Gasteiger partial charge in [0.15, 0.2) is 0 Å². The van der Waals surface area contributed by atoms with E-state index in [2.05, 4.69) is 10.6 Å². The van der Waals surface area contributed by atoms with E-state index in [0.717, 1.165) is 0 Å². The second kappa shape index (κ2) is 6.48. The van der Waals surface area contributed by atoms with Crippen molar-refractivity contribution >= 4 is 11.9 Å². The third kappa shape index (κ3) is 7.23. The number of likely N-dealkylation sites (N-methyl/N-ethyl adjacent to an activating group) is 1. The topological polar surface area (TPSA) is 67.4 Å². The van der Waals surface area contributed by atoms with Gasteiger partial charge in [0, 0.05) is 6.54 Å². The van der Waals surface area contributed by atoms with Gasteiger partial charge in [0.25, 0.3) is 0 Å². The van der Waals surface area contributed by atoms with E-state index in [9.17, 15) is 9.59 Å².